The van der Waals surface area contributed by atoms with E-state index in [2.05, 4.69) is 15.9 Å². The third kappa shape index (κ3) is 2.96. The monoisotopic (exact) mass is 258 g/mol. The van der Waals surface area contributed by atoms with Gasteiger partial charge in [-0.1, -0.05) is 13.8 Å². The van der Waals surface area contributed by atoms with Gasteiger partial charge < -0.3 is 10.3 Å². The average Bonchev–Trinajstić information content (AvgIpc) is 2.11. The average molecular weight is 259 g/mol. The molecule has 2 N–H and O–H groups in total. The Hall–Kier alpha value is -0.610. The predicted octanol–water partition coefficient (Wildman–Crippen LogP) is 1.60. The molecule has 14 heavy (non-hydrogen) atoms. The third-order valence-corrected chi connectivity index (χ3v) is 2.57. The number of nitrogens with zero attached hydrogens (tertiary/aromatic N) is 1. The van der Waals surface area contributed by atoms with Gasteiger partial charge in [0.15, 0.2) is 0 Å². The van der Waals surface area contributed by atoms with Crippen molar-refractivity contribution in [1.29, 1.82) is 0 Å². The van der Waals surface area contributed by atoms with Crippen LogP contribution in [0.25, 0.3) is 0 Å². The fourth-order valence-electron chi connectivity index (χ4n) is 1.15. The second-order valence-electron chi connectivity index (χ2n) is 4.18. The second kappa shape index (κ2) is 4.28. The van der Waals surface area contributed by atoms with Crippen molar-refractivity contribution in [3.8, 4) is 0 Å². The molecule has 0 aromatic carbocycles. The molecule has 0 aliphatic rings. The summed E-state index contributed by atoms with van der Waals surface area (Å²) >= 11 is 3.33. The molecule has 3 nitrogen and oxygen atoms in total. The van der Waals surface area contributed by atoms with Gasteiger partial charge in [-0.25, -0.2) is 0 Å². The molecule has 4 heteroatoms. The van der Waals surface area contributed by atoms with Crippen molar-refractivity contribution in [2.24, 2.45) is 11.1 Å². The molecule has 0 aliphatic carbocycles. The van der Waals surface area contributed by atoms with Crippen molar-refractivity contribution in [2.45, 2.75) is 20.4 Å². The molecule has 0 unspecified atom stereocenters. The molecule has 0 saturated heterocycles. The van der Waals surface area contributed by atoms with Crippen LogP contribution >= 0.6 is 15.9 Å². The first-order valence-corrected chi connectivity index (χ1v) is 5.30. The number of aromatic nitrogens is 1. The smallest absolute Gasteiger partial charge is 0.250 e. The number of halogens is 1. The zero-order valence-corrected chi connectivity index (χ0v) is 10.0. The maximum absolute atomic E-state index is 11.5. The molecule has 1 heterocycles. The summed E-state index contributed by atoms with van der Waals surface area (Å²) in [5, 5.41) is 0. The molecular formula is C10H15BrN2O. The van der Waals surface area contributed by atoms with E-state index in [9.17, 15) is 4.79 Å². The van der Waals surface area contributed by atoms with Crippen molar-refractivity contribution in [3.05, 3.63) is 33.2 Å². The summed E-state index contributed by atoms with van der Waals surface area (Å²) in [5.41, 5.74) is 5.57. The summed E-state index contributed by atoms with van der Waals surface area (Å²) < 4.78 is 2.58. The van der Waals surface area contributed by atoms with Crippen LogP contribution in [0.2, 0.25) is 0 Å². The molecule has 0 atom stereocenters. The molecule has 1 aromatic rings. The summed E-state index contributed by atoms with van der Waals surface area (Å²) in [7, 11) is 0. The third-order valence-electron chi connectivity index (χ3n) is 2.10. The Kier molecular flexibility index (Phi) is 3.50. The molecule has 0 saturated carbocycles. The maximum Gasteiger partial charge on any atom is 0.250 e. The van der Waals surface area contributed by atoms with Crippen LogP contribution in [0.5, 0.6) is 0 Å². The van der Waals surface area contributed by atoms with Crippen molar-refractivity contribution >= 4 is 15.9 Å². The molecule has 0 radical (unpaired) electrons. The lowest BCUT2D eigenvalue weighted by molar-refractivity contribution is 0.312. The highest BCUT2D eigenvalue weighted by atomic mass is 79.9. The Labute approximate surface area is 92.1 Å². The van der Waals surface area contributed by atoms with E-state index in [1.807, 2.05) is 13.8 Å². The number of rotatable bonds is 3. The summed E-state index contributed by atoms with van der Waals surface area (Å²) in [4.78, 5) is 11.5. The fourth-order valence-corrected chi connectivity index (χ4v) is 1.53. The summed E-state index contributed by atoms with van der Waals surface area (Å²) in [6, 6.07) is 3.30. The van der Waals surface area contributed by atoms with Gasteiger partial charge in [-0.3, -0.25) is 4.79 Å². The zero-order chi connectivity index (χ0) is 10.8. The fraction of sp³-hybridized carbons (Fsp3) is 0.500. The summed E-state index contributed by atoms with van der Waals surface area (Å²) in [6.07, 6.45) is 1.79. The number of hydrogen-bond donors (Lipinski definition) is 1. The van der Waals surface area contributed by atoms with E-state index in [0.717, 1.165) is 4.47 Å². The van der Waals surface area contributed by atoms with Crippen LogP contribution in [0.1, 0.15) is 13.8 Å². The highest BCUT2D eigenvalue weighted by Crippen LogP contribution is 2.15. The summed E-state index contributed by atoms with van der Waals surface area (Å²) in [5.74, 6) is 0. The number of pyridine rings is 1. The van der Waals surface area contributed by atoms with Gasteiger partial charge >= 0.3 is 0 Å². The van der Waals surface area contributed by atoms with E-state index in [0.29, 0.717) is 13.1 Å². The van der Waals surface area contributed by atoms with Crippen LogP contribution in [0.15, 0.2) is 27.6 Å². The molecular weight excluding hydrogens is 244 g/mol. The van der Waals surface area contributed by atoms with Gasteiger partial charge in [-0.05, 0) is 34.0 Å². The van der Waals surface area contributed by atoms with Crippen LogP contribution in [0.3, 0.4) is 0 Å². The van der Waals surface area contributed by atoms with E-state index < -0.39 is 0 Å². The highest BCUT2D eigenvalue weighted by molar-refractivity contribution is 9.10. The van der Waals surface area contributed by atoms with E-state index in [-0.39, 0.29) is 11.0 Å². The molecule has 0 amide bonds. The van der Waals surface area contributed by atoms with Gasteiger partial charge in [-0.15, -0.1) is 0 Å². The van der Waals surface area contributed by atoms with Gasteiger partial charge in [0.05, 0.1) is 0 Å². The zero-order valence-electron chi connectivity index (χ0n) is 8.46. The Balaban J connectivity index is 2.97. The first-order valence-electron chi connectivity index (χ1n) is 4.51. The summed E-state index contributed by atoms with van der Waals surface area (Å²) in [6.45, 7) is 5.29. The number of hydrogen-bond acceptors (Lipinski definition) is 2. The highest BCUT2D eigenvalue weighted by Gasteiger charge is 2.16. The van der Waals surface area contributed by atoms with E-state index >= 15 is 0 Å². The Morgan fingerprint density at radius 1 is 1.50 bits per heavy atom. The minimum absolute atomic E-state index is 0.00900. The Morgan fingerprint density at radius 3 is 2.71 bits per heavy atom. The van der Waals surface area contributed by atoms with Crippen LogP contribution in [0, 0.1) is 5.41 Å². The molecule has 0 fully saturated rings. The van der Waals surface area contributed by atoms with E-state index in [4.69, 9.17) is 5.73 Å². The molecule has 1 aromatic heterocycles. The van der Waals surface area contributed by atoms with Crippen molar-refractivity contribution in [3.63, 3.8) is 0 Å². The predicted molar refractivity (Wildman–Crippen MR) is 61.2 cm³/mol. The minimum Gasteiger partial charge on any atom is -0.330 e. The van der Waals surface area contributed by atoms with Crippen LogP contribution < -0.4 is 11.3 Å². The van der Waals surface area contributed by atoms with Gasteiger partial charge in [0.2, 0.25) is 0 Å². The Morgan fingerprint density at radius 2 is 2.14 bits per heavy atom. The lowest BCUT2D eigenvalue weighted by atomic mass is 9.94. The second-order valence-corrected chi connectivity index (χ2v) is 5.10. The van der Waals surface area contributed by atoms with Crippen LogP contribution in [-0.4, -0.2) is 11.1 Å². The normalized spacial score (nSPS) is 11.7. The van der Waals surface area contributed by atoms with E-state index in [1.165, 1.54) is 0 Å². The Bertz CT molecular complexity index is 371. The molecule has 0 aliphatic heterocycles. The van der Waals surface area contributed by atoms with Gasteiger partial charge in [0.25, 0.3) is 5.56 Å². The standard InChI is InChI=1S/C10H15BrN2O/c1-10(2,6-12)7-13-5-8(11)3-4-9(13)14/h3-5H,6-7,12H2,1-2H3. The van der Waals surface area contributed by atoms with Crippen molar-refractivity contribution in [1.82, 2.24) is 4.57 Å². The SMILES string of the molecule is CC(C)(CN)Cn1cc(Br)ccc1=O. The molecule has 0 bridgehead atoms. The van der Waals surface area contributed by atoms with Crippen molar-refractivity contribution < 1.29 is 0 Å². The molecule has 0 spiro atoms. The van der Waals surface area contributed by atoms with Crippen molar-refractivity contribution in [2.75, 3.05) is 6.54 Å². The number of nitrogens with two attached hydrogens (primary N) is 1. The lowest BCUT2D eigenvalue weighted by Crippen LogP contribution is -2.33. The maximum atomic E-state index is 11.5. The van der Waals surface area contributed by atoms with E-state index in [1.54, 1.807) is 22.9 Å². The topological polar surface area (TPSA) is 48.0 Å². The first-order chi connectivity index (χ1) is 6.44. The van der Waals surface area contributed by atoms with Gasteiger partial charge in [-0.2, -0.15) is 0 Å². The molecule has 78 valence electrons. The lowest BCUT2D eigenvalue weighted by Gasteiger charge is -2.23. The van der Waals surface area contributed by atoms with Crippen LogP contribution in [0.4, 0.5) is 0 Å². The first kappa shape index (κ1) is 11.5. The molecule has 1 rings (SSSR count). The van der Waals surface area contributed by atoms with Gasteiger partial charge in [0, 0.05) is 23.3 Å². The van der Waals surface area contributed by atoms with Crippen LogP contribution in [-0.2, 0) is 6.54 Å². The quantitative estimate of drug-likeness (QED) is 0.896. The van der Waals surface area contributed by atoms with Gasteiger partial charge in [0.1, 0.15) is 0 Å². The largest absolute Gasteiger partial charge is 0.330 e. The minimum atomic E-state index is -0.0510.